The Morgan fingerprint density at radius 2 is 2.09 bits per heavy atom. The largest absolute Gasteiger partial charge is 0.395 e. The number of likely N-dealkylation sites (N-methyl/N-ethyl adjacent to an activating group) is 1. The van der Waals surface area contributed by atoms with Crippen LogP contribution < -0.4 is 0 Å². The molecule has 0 heterocycles. The van der Waals surface area contributed by atoms with Crippen molar-refractivity contribution in [3.05, 3.63) is 0 Å². The predicted octanol–water partition coefficient (Wildman–Crippen LogP) is -0.0188. The summed E-state index contributed by atoms with van der Waals surface area (Å²) in [4.78, 5) is 0. The Balaban J connectivity index is 4.36. The third kappa shape index (κ3) is 3.06. The van der Waals surface area contributed by atoms with Crippen LogP contribution in [0.2, 0.25) is 0 Å². The number of nitrogens with zero attached hydrogens (tertiary/aromatic N) is 1. The van der Waals surface area contributed by atoms with E-state index in [0.29, 0.717) is 0 Å². The molecule has 0 aliphatic heterocycles. The first kappa shape index (κ1) is 11.4. The van der Waals surface area contributed by atoms with Crippen molar-refractivity contribution in [2.75, 3.05) is 18.3 Å². The smallest absolute Gasteiger partial charge is 0.224 e. The highest BCUT2D eigenvalue weighted by molar-refractivity contribution is 9.10. The second kappa shape index (κ2) is 4.39. The zero-order valence-electron chi connectivity index (χ0n) is 6.49. The van der Waals surface area contributed by atoms with E-state index in [4.69, 9.17) is 5.11 Å². The van der Waals surface area contributed by atoms with Gasteiger partial charge in [-0.3, -0.25) is 0 Å². The highest BCUT2D eigenvalue weighted by atomic mass is 79.9. The van der Waals surface area contributed by atoms with E-state index in [0.717, 1.165) is 4.31 Å². The second-order valence-electron chi connectivity index (χ2n) is 2.27. The van der Waals surface area contributed by atoms with E-state index in [1.807, 2.05) is 0 Å². The minimum absolute atomic E-state index is 0.110. The molecule has 0 aliphatic rings. The number of hydrogen-bond acceptors (Lipinski definition) is 3. The fraction of sp³-hybridized carbons (Fsp3) is 1.00. The standard InChI is InChI=1S/C5H12BrNO3S/c1-5(3-8)7(2)11(9,10)4-6/h5,8H,3-4H2,1-2H3. The van der Waals surface area contributed by atoms with Gasteiger partial charge in [-0.25, -0.2) is 8.42 Å². The van der Waals surface area contributed by atoms with Crippen molar-refractivity contribution in [3.8, 4) is 0 Å². The molecule has 0 amide bonds. The highest BCUT2D eigenvalue weighted by Gasteiger charge is 2.20. The molecule has 1 atom stereocenters. The van der Waals surface area contributed by atoms with Crippen LogP contribution in [0.15, 0.2) is 0 Å². The van der Waals surface area contributed by atoms with Crippen LogP contribution in [0.3, 0.4) is 0 Å². The van der Waals surface area contributed by atoms with E-state index >= 15 is 0 Å². The molecule has 0 saturated heterocycles. The lowest BCUT2D eigenvalue weighted by Crippen LogP contribution is -2.37. The second-order valence-corrected chi connectivity index (χ2v) is 5.60. The number of hydrogen-bond donors (Lipinski definition) is 1. The van der Waals surface area contributed by atoms with Crippen LogP contribution in [-0.4, -0.2) is 42.2 Å². The molecular weight excluding hydrogens is 234 g/mol. The summed E-state index contributed by atoms with van der Waals surface area (Å²) in [6, 6.07) is -0.363. The van der Waals surface area contributed by atoms with Crippen LogP contribution in [0.4, 0.5) is 0 Å². The van der Waals surface area contributed by atoms with Gasteiger partial charge < -0.3 is 5.11 Å². The van der Waals surface area contributed by atoms with E-state index in [2.05, 4.69) is 15.9 Å². The Bertz CT molecular complexity index is 204. The maximum atomic E-state index is 11.1. The molecule has 0 aliphatic carbocycles. The van der Waals surface area contributed by atoms with Crippen LogP contribution >= 0.6 is 15.9 Å². The number of rotatable bonds is 4. The maximum Gasteiger partial charge on any atom is 0.224 e. The molecule has 0 aromatic rings. The number of aliphatic hydroxyl groups excluding tert-OH is 1. The van der Waals surface area contributed by atoms with Crippen molar-refractivity contribution >= 4 is 26.0 Å². The van der Waals surface area contributed by atoms with Gasteiger partial charge in [0.15, 0.2) is 0 Å². The molecule has 0 bridgehead atoms. The summed E-state index contributed by atoms with van der Waals surface area (Å²) in [7, 11) is -1.78. The summed E-state index contributed by atoms with van der Waals surface area (Å²) in [6.45, 7) is 1.48. The minimum Gasteiger partial charge on any atom is -0.395 e. The Hall–Kier alpha value is 0.350. The van der Waals surface area contributed by atoms with Gasteiger partial charge in [0.2, 0.25) is 10.0 Å². The monoisotopic (exact) mass is 245 g/mol. The first-order chi connectivity index (χ1) is 4.95. The fourth-order valence-electron chi connectivity index (χ4n) is 0.466. The van der Waals surface area contributed by atoms with Crippen LogP contribution in [0.5, 0.6) is 0 Å². The normalized spacial score (nSPS) is 15.4. The van der Waals surface area contributed by atoms with Gasteiger partial charge in [-0.2, -0.15) is 4.31 Å². The SMILES string of the molecule is CC(CO)N(C)S(=O)(=O)CBr. The summed E-state index contributed by atoms with van der Waals surface area (Å²) in [6.07, 6.45) is 0. The Labute approximate surface area is 75.4 Å². The first-order valence-corrected chi connectivity index (χ1v) is 5.81. The molecule has 11 heavy (non-hydrogen) atoms. The van der Waals surface area contributed by atoms with E-state index in [1.54, 1.807) is 6.92 Å². The van der Waals surface area contributed by atoms with Gasteiger partial charge in [-0.05, 0) is 6.92 Å². The molecule has 4 nitrogen and oxygen atoms in total. The van der Waals surface area contributed by atoms with Gasteiger partial charge in [0, 0.05) is 13.1 Å². The van der Waals surface area contributed by atoms with Gasteiger partial charge in [0.05, 0.1) is 6.61 Å². The first-order valence-electron chi connectivity index (χ1n) is 3.08. The molecule has 0 radical (unpaired) electrons. The number of alkyl halides is 1. The van der Waals surface area contributed by atoms with Crippen molar-refractivity contribution < 1.29 is 13.5 Å². The maximum absolute atomic E-state index is 11.1. The number of sulfonamides is 1. The molecule has 6 heteroatoms. The van der Waals surface area contributed by atoms with Crippen LogP contribution in [0.25, 0.3) is 0 Å². The molecule has 1 unspecified atom stereocenters. The summed E-state index contributed by atoms with van der Waals surface area (Å²) >= 11 is 2.86. The van der Waals surface area contributed by atoms with Crippen molar-refractivity contribution in [1.82, 2.24) is 4.31 Å². The zero-order chi connectivity index (χ0) is 9.07. The van der Waals surface area contributed by atoms with Crippen LogP contribution in [0.1, 0.15) is 6.92 Å². The third-order valence-electron chi connectivity index (χ3n) is 1.46. The van der Waals surface area contributed by atoms with Gasteiger partial charge >= 0.3 is 0 Å². The zero-order valence-corrected chi connectivity index (χ0v) is 8.89. The lowest BCUT2D eigenvalue weighted by atomic mass is 10.4. The Kier molecular flexibility index (Phi) is 4.53. The average molecular weight is 246 g/mol. The predicted molar refractivity (Wildman–Crippen MR) is 47.0 cm³/mol. The van der Waals surface area contributed by atoms with E-state index in [1.165, 1.54) is 7.05 Å². The van der Waals surface area contributed by atoms with Crippen molar-refractivity contribution in [1.29, 1.82) is 0 Å². The van der Waals surface area contributed by atoms with Gasteiger partial charge in [0.1, 0.15) is 4.66 Å². The quantitative estimate of drug-likeness (QED) is 0.709. The van der Waals surface area contributed by atoms with Crippen LogP contribution in [-0.2, 0) is 10.0 Å². The number of halogens is 1. The van der Waals surface area contributed by atoms with Crippen molar-refractivity contribution in [3.63, 3.8) is 0 Å². The lowest BCUT2D eigenvalue weighted by molar-refractivity contribution is 0.214. The molecule has 0 rings (SSSR count). The van der Waals surface area contributed by atoms with E-state index in [9.17, 15) is 8.42 Å². The Morgan fingerprint density at radius 1 is 1.64 bits per heavy atom. The summed E-state index contributed by atoms with van der Waals surface area (Å²) in [5, 5.41) is 8.64. The molecule has 1 N–H and O–H groups in total. The summed E-state index contributed by atoms with van der Waals surface area (Å²) in [5.74, 6) is 0. The highest BCUT2D eigenvalue weighted by Crippen LogP contribution is 2.05. The van der Waals surface area contributed by atoms with Crippen LogP contribution in [0, 0.1) is 0 Å². The van der Waals surface area contributed by atoms with E-state index in [-0.39, 0.29) is 17.3 Å². The number of aliphatic hydroxyl groups is 1. The average Bonchev–Trinajstić information content (AvgIpc) is 2.01. The molecule has 0 aromatic heterocycles. The van der Waals surface area contributed by atoms with Gasteiger partial charge in [-0.15, -0.1) is 0 Å². The topological polar surface area (TPSA) is 57.6 Å². The van der Waals surface area contributed by atoms with Crippen molar-refractivity contribution in [2.24, 2.45) is 0 Å². The summed E-state index contributed by atoms with van der Waals surface area (Å²) in [5.41, 5.74) is 0. The van der Waals surface area contributed by atoms with Crippen molar-refractivity contribution in [2.45, 2.75) is 13.0 Å². The van der Waals surface area contributed by atoms with Gasteiger partial charge in [-0.1, -0.05) is 15.9 Å². The molecule has 68 valence electrons. The Morgan fingerprint density at radius 3 is 2.36 bits per heavy atom. The molecule has 0 saturated carbocycles. The van der Waals surface area contributed by atoms with Gasteiger partial charge in [0.25, 0.3) is 0 Å². The minimum atomic E-state index is -3.22. The third-order valence-corrected chi connectivity index (χ3v) is 4.71. The molecule has 0 spiro atoms. The summed E-state index contributed by atoms with van der Waals surface area (Å²) < 4.78 is 23.2. The van der Waals surface area contributed by atoms with E-state index < -0.39 is 10.0 Å². The molecule has 0 aromatic carbocycles. The molecular formula is C5H12BrNO3S. The lowest BCUT2D eigenvalue weighted by Gasteiger charge is -2.20. The molecule has 0 fully saturated rings. The fourth-order valence-corrected chi connectivity index (χ4v) is 2.20.